The first-order valence-corrected chi connectivity index (χ1v) is 8.51. The number of nitrogens with one attached hydrogen (secondary N) is 1. The van der Waals surface area contributed by atoms with E-state index in [-0.39, 0.29) is 18.2 Å². The van der Waals surface area contributed by atoms with E-state index in [4.69, 9.17) is 0 Å². The van der Waals surface area contributed by atoms with Gasteiger partial charge in [0.1, 0.15) is 0 Å². The summed E-state index contributed by atoms with van der Waals surface area (Å²) in [5.41, 5.74) is 0.758. The molecule has 6 heteroatoms. The molecular formula is C14H20N2O3S. The van der Waals surface area contributed by atoms with Crippen LogP contribution in [-0.2, 0) is 20.6 Å². The second kappa shape index (κ2) is 6.85. The van der Waals surface area contributed by atoms with Gasteiger partial charge in [-0.15, -0.1) is 0 Å². The predicted molar refractivity (Wildman–Crippen MR) is 77.5 cm³/mol. The Kier molecular flexibility index (Phi) is 5.14. The normalized spacial score (nSPS) is 16.4. The molecule has 0 radical (unpaired) electrons. The predicted octanol–water partition coefficient (Wildman–Crippen LogP) is 1.12. The highest BCUT2D eigenvalue weighted by Gasteiger charge is 2.18. The molecular weight excluding hydrogens is 276 g/mol. The third-order valence-electron chi connectivity index (χ3n) is 3.32. The number of hydrogen-bond acceptors (Lipinski definition) is 3. The Bertz CT molecular complexity index is 543. The molecule has 0 saturated carbocycles. The Morgan fingerprint density at radius 2 is 1.90 bits per heavy atom. The Hall–Kier alpha value is -1.40. The topological polar surface area (TPSA) is 66.5 Å². The fourth-order valence-corrected chi connectivity index (χ4v) is 3.41. The molecule has 1 aliphatic heterocycles. The van der Waals surface area contributed by atoms with Gasteiger partial charge in [0.25, 0.3) is 0 Å². The molecule has 1 heterocycles. The van der Waals surface area contributed by atoms with Crippen molar-refractivity contribution in [2.75, 3.05) is 19.6 Å². The summed E-state index contributed by atoms with van der Waals surface area (Å²) in [6.07, 6.45) is 2.52. The van der Waals surface area contributed by atoms with Crippen molar-refractivity contribution in [3.63, 3.8) is 0 Å². The molecule has 20 heavy (non-hydrogen) atoms. The van der Waals surface area contributed by atoms with Gasteiger partial charge in [0.2, 0.25) is 15.9 Å². The molecule has 0 aromatic heterocycles. The Labute approximate surface area is 120 Å². The van der Waals surface area contributed by atoms with Crippen LogP contribution in [-0.4, -0.2) is 38.9 Å². The van der Waals surface area contributed by atoms with Gasteiger partial charge >= 0.3 is 0 Å². The fraction of sp³-hybridized carbons (Fsp3) is 0.500. The Balaban J connectivity index is 1.79. The summed E-state index contributed by atoms with van der Waals surface area (Å²) in [5.74, 6) is 0.0976. The summed E-state index contributed by atoms with van der Waals surface area (Å²) in [7, 11) is -3.34. The van der Waals surface area contributed by atoms with Crippen molar-refractivity contribution in [2.45, 2.75) is 25.0 Å². The second-order valence-electron chi connectivity index (χ2n) is 4.98. The highest BCUT2D eigenvalue weighted by molar-refractivity contribution is 7.88. The van der Waals surface area contributed by atoms with E-state index in [1.165, 1.54) is 0 Å². The maximum absolute atomic E-state index is 11.9. The molecule has 110 valence electrons. The fourth-order valence-electron chi connectivity index (χ4n) is 2.28. The average molecular weight is 296 g/mol. The summed E-state index contributed by atoms with van der Waals surface area (Å²) in [5, 5.41) is 0. The van der Waals surface area contributed by atoms with Gasteiger partial charge in [-0.3, -0.25) is 4.79 Å². The van der Waals surface area contributed by atoms with Crippen LogP contribution in [0, 0.1) is 0 Å². The van der Waals surface area contributed by atoms with Crippen LogP contribution in [0.4, 0.5) is 0 Å². The van der Waals surface area contributed by atoms with Crippen LogP contribution in [0.15, 0.2) is 30.3 Å². The zero-order valence-corrected chi connectivity index (χ0v) is 12.2. The van der Waals surface area contributed by atoms with Crippen molar-refractivity contribution >= 4 is 15.9 Å². The number of sulfonamides is 1. The molecule has 1 N–H and O–H groups in total. The lowest BCUT2D eigenvalue weighted by Gasteiger charge is -2.26. The van der Waals surface area contributed by atoms with Gasteiger partial charge in [-0.25, -0.2) is 13.1 Å². The van der Waals surface area contributed by atoms with Crippen LogP contribution in [0.3, 0.4) is 0 Å². The molecule has 2 rings (SSSR count). The van der Waals surface area contributed by atoms with Crippen LogP contribution in [0.5, 0.6) is 0 Å². The molecule has 0 aliphatic carbocycles. The largest absolute Gasteiger partial charge is 0.341 e. The van der Waals surface area contributed by atoms with Gasteiger partial charge in [0.15, 0.2) is 0 Å². The van der Waals surface area contributed by atoms with E-state index in [9.17, 15) is 13.2 Å². The van der Waals surface area contributed by atoms with E-state index < -0.39 is 10.0 Å². The minimum atomic E-state index is -3.34. The number of benzene rings is 1. The first-order chi connectivity index (χ1) is 9.57. The van der Waals surface area contributed by atoms with E-state index >= 15 is 0 Å². The number of carbonyl (C=O) groups excluding carboxylic acids is 1. The Morgan fingerprint density at radius 1 is 1.15 bits per heavy atom. The van der Waals surface area contributed by atoms with E-state index in [2.05, 4.69) is 4.72 Å². The molecule has 0 spiro atoms. The molecule has 5 nitrogen and oxygen atoms in total. The van der Waals surface area contributed by atoms with E-state index in [1.807, 2.05) is 18.2 Å². The van der Waals surface area contributed by atoms with Crippen molar-refractivity contribution in [2.24, 2.45) is 0 Å². The van der Waals surface area contributed by atoms with Crippen molar-refractivity contribution in [3.05, 3.63) is 35.9 Å². The molecule has 1 aromatic rings. The molecule has 1 aliphatic rings. The second-order valence-corrected chi connectivity index (χ2v) is 6.78. The third-order valence-corrected chi connectivity index (χ3v) is 4.68. The van der Waals surface area contributed by atoms with E-state index in [1.54, 1.807) is 17.0 Å². The lowest BCUT2D eigenvalue weighted by Crippen LogP contribution is -2.41. The SMILES string of the molecule is O=C1CCCCN1CCNS(=O)(=O)Cc1ccccc1. The van der Waals surface area contributed by atoms with Gasteiger partial charge in [0, 0.05) is 26.1 Å². The number of amides is 1. The van der Waals surface area contributed by atoms with Gasteiger partial charge < -0.3 is 4.90 Å². The van der Waals surface area contributed by atoms with Gasteiger partial charge in [-0.2, -0.15) is 0 Å². The number of nitrogens with zero attached hydrogens (tertiary/aromatic N) is 1. The number of rotatable bonds is 6. The van der Waals surface area contributed by atoms with Gasteiger partial charge in [-0.1, -0.05) is 30.3 Å². The van der Waals surface area contributed by atoms with Gasteiger partial charge in [0.05, 0.1) is 5.75 Å². The first kappa shape index (κ1) is 15.0. The highest BCUT2D eigenvalue weighted by atomic mass is 32.2. The number of carbonyl (C=O) groups is 1. The number of likely N-dealkylation sites (tertiary alicyclic amines) is 1. The maximum atomic E-state index is 11.9. The molecule has 1 amide bonds. The van der Waals surface area contributed by atoms with Crippen LogP contribution in [0.1, 0.15) is 24.8 Å². The summed E-state index contributed by atoms with van der Waals surface area (Å²) >= 11 is 0. The van der Waals surface area contributed by atoms with E-state index in [0.29, 0.717) is 13.0 Å². The third kappa shape index (κ3) is 4.61. The summed E-state index contributed by atoms with van der Waals surface area (Å²) in [4.78, 5) is 13.3. The molecule has 0 atom stereocenters. The van der Waals surface area contributed by atoms with Crippen molar-refractivity contribution < 1.29 is 13.2 Å². The van der Waals surface area contributed by atoms with Gasteiger partial charge in [-0.05, 0) is 18.4 Å². The zero-order chi connectivity index (χ0) is 14.4. The van der Waals surface area contributed by atoms with Crippen LogP contribution in [0.25, 0.3) is 0 Å². The van der Waals surface area contributed by atoms with Crippen molar-refractivity contribution in [3.8, 4) is 0 Å². The quantitative estimate of drug-likeness (QED) is 0.855. The van der Waals surface area contributed by atoms with E-state index in [0.717, 1.165) is 24.9 Å². The standard InChI is InChI=1S/C14H20N2O3S/c17-14-8-4-5-10-16(14)11-9-15-20(18,19)12-13-6-2-1-3-7-13/h1-3,6-7,15H,4-5,8-12H2. The Morgan fingerprint density at radius 3 is 2.60 bits per heavy atom. The van der Waals surface area contributed by atoms with Crippen LogP contribution >= 0.6 is 0 Å². The van der Waals surface area contributed by atoms with Crippen LogP contribution < -0.4 is 4.72 Å². The van der Waals surface area contributed by atoms with Crippen molar-refractivity contribution in [1.82, 2.24) is 9.62 Å². The molecule has 1 saturated heterocycles. The van der Waals surface area contributed by atoms with Crippen LogP contribution in [0.2, 0.25) is 0 Å². The molecule has 0 unspecified atom stereocenters. The monoisotopic (exact) mass is 296 g/mol. The zero-order valence-electron chi connectivity index (χ0n) is 11.4. The smallest absolute Gasteiger partial charge is 0.222 e. The lowest BCUT2D eigenvalue weighted by atomic mass is 10.1. The lowest BCUT2D eigenvalue weighted by molar-refractivity contribution is -0.133. The van der Waals surface area contributed by atoms with Crippen molar-refractivity contribution in [1.29, 1.82) is 0 Å². The maximum Gasteiger partial charge on any atom is 0.222 e. The summed E-state index contributed by atoms with van der Waals surface area (Å²) in [6, 6.07) is 9.06. The number of hydrogen-bond donors (Lipinski definition) is 1. The highest BCUT2D eigenvalue weighted by Crippen LogP contribution is 2.09. The minimum Gasteiger partial charge on any atom is -0.341 e. The molecule has 1 aromatic carbocycles. The minimum absolute atomic E-state index is 0.0260. The number of piperidine rings is 1. The molecule has 0 bridgehead atoms. The summed E-state index contributed by atoms with van der Waals surface area (Å²) < 4.78 is 26.4. The first-order valence-electron chi connectivity index (χ1n) is 6.86. The average Bonchev–Trinajstić information content (AvgIpc) is 2.41. The summed E-state index contributed by atoms with van der Waals surface area (Å²) in [6.45, 7) is 1.47. The molecule has 1 fully saturated rings.